The molecule has 0 aliphatic rings. The van der Waals surface area contributed by atoms with Crippen molar-refractivity contribution in [1.82, 2.24) is 0 Å². The van der Waals surface area contributed by atoms with Crippen molar-refractivity contribution in [2.45, 2.75) is 106 Å². The van der Waals surface area contributed by atoms with Crippen molar-refractivity contribution in [3.8, 4) is 0 Å². The zero-order valence-corrected chi connectivity index (χ0v) is 17.2. The predicted octanol–water partition coefficient (Wildman–Crippen LogP) is 7.49. The monoisotopic (exact) mass is 326 g/mol. The second kappa shape index (κ2) is 15.5. The minimum absolute atomic E-state index is 0.828. The Bertz CT molecular complexity index is 236. The Morgan fingerprint density at radius 1 is 0.565 bits per heavy atom. The van der Waals surface area contributed by atoms with Gasteiger partial charge in [-0.25, -0.2) is 0 Å². The maximum Gasteiger partial charge on any atom is 0.0468 e. The first-order valence-corrected chi connectivity index (χ1v) is 10.5. The summed E-state index contributed by atoms with van der Waals surface area (Å²) in [5.41, 5.74) is 0. The Kier molecular flexibility index (Phi) is 15.5. The third-order valence-corrected chi connectivity index (χ3v) is 5.23. The molecule has 0 rings (SSSR count). The van der Waals surface area contributed by atoms with Crippen molar-refractivity contribution >= 4 is 0 Å². The summed E-state index contributed by atoms with van der Waals surface area (Å²) in [5.74, 6) is 3.55. The summed E-state index contributed by atoms with van der Waals surface area (Å²) < 4.78 is 5.45. The topological polar surface area (TPSA) is 9.23 Å². The Balaban J connectivity index is 3.47. The molecule has 1 heteroatoms. The van der Waals surface area contributed by atoms with Gasteiger partial charge in [-0.05, 0) is 37.0 Å². The van der Waals surface area contributed by atoms with E-state index in [4.69, 9.17) is 4.74 Å². The average molecular weight is 327 g/mol. The summed E-state index contributed by atoms with van der Waals surface area (Å²) in [6.07, 6.45) is 14.0. The van der Waals surface area contributed by atoms with E-state index < -0.39 is 0 Å². The van der Waals surface area contributed by atoms with E-state index in [1.54, 1.807) is 0 Å². The lowest BCUT2D eigenvalue weighted by atomic mass is 9.91. The first-order valence-electron chi connectivity index (χ1n) is 10.5. The van der Waals surface area contributed by atoms with E-state index in [1.807, 2.05) is 0 Å². The molecule has 0 heterocycles. The first kappa shape index (κ1) is 23.0. The van der Waals surface area contributed by atoms with Crippen LogP contribution in [0.3, 0.4) is 0 Å². The highest BCUT2D eigenvalue weighted by Crippen LogP contribution is 2.22. The van der Waals surface area contributed by atoms with Gasteiger partial charge in [0.25, 0.3) is 0 Å². The zero-order valence-electron chi connectivity index (χ0n) is 17.2. The molecule has 0 saturated carbocycles. The minimum Gasteiger partial charge on any atom is -0.382 e. The molecule has 0 fully saturated rings. The molecule has 140 valence electrons. The summed E-state index contributed by atoms with van der Waals surface area (Å²) >= 11 is 0. The summed E-state index contributed by atoms with van der Waals surface area (Å²) in [7, 11) is 0. The third-order valence-electron chi connectivity index (χ3n) is 5.23. The third kappa shape index (κ3) is 16.6. The zero-order chi connectivity index (χ0) is 17.5. The van der Waals surface area contributed by atoms with Crippen LogP contribution in [0.4, 0.5) is 0 Å². The Morgan fingerprint density at radius 2 is 0.957 bits per heavy atom. The van der Waals surface area contributed by atoms with E-state index in [-0.39, 0.29) is 0 Å². The van der Waals surface area contributed by atoms with E-state index in [0.29, 0.717) is 0 Å². The van der Waals surface area contributed by atoms with Gasteiger partial charge in [-0.3, -0.25) is 0 Å². The van der Waals surface area contributed by atoms with E-state index in [9.17, 15) is 0 Å². The van der Waals surface area contributed by atoms with Crippen LogP contribution in [0.2, 0.25) is 0 Å². The maximum absolute atomic E-state index is 5.45. The Hall–Kier alpha value is -0.0400. The highest BCUT2D eigenvalue weighted by atomic mass is 16.5. The highest BCUT2D eigenvalue weighted by Gasteiger charge is 2.08. The van der Waals surface area contributed by atoms with Crippen molar-refractivity contribution in [3.63, 3.8) is 0 Å². The number of hydrogen-bond donors (Lipinski definition) is 0. The second-order valence-corrected chi connectivity index (χ2v) is 8.49. The van der Waals surface area contributed by atoms with Crippen LogP contribution in [0.1, 0.15) is 106 Å². The molecule has 0 aromatic heterocycles. The molecule has 0 aliphatic heterocycles. The van der Waals surface area contributed by atoms with Gasteiger partial charge in [0.15, 0.2) is 0 Å². The number of ether oxygens (including phenoxy) is 1. The Morgan fingerprint density at radius 3 is 1.35 bits per heavy atom. The normalized spacial score (nSPS) is 15.8. The minimum atomic E-state index is 0.828. The molecule has 0 N–H and O–H groups in total. The molecular weight excluding hydrogens is 280 g/mol. The average Bonchev–Trinajstić information content (AvgIpc) is 2.47. The molecule has 0 aromatic carbocycles. The first-order chi connectivity index (χ1) is 11.0. The maximum atomic E-state index is 5.45. The fourth-order valence-electron chi connectivity index (χ4n) is 3.37. The molecule has 0 aliphatic carbocycles. The van der Waals surface area contributed by atoms with Crippen LogP contribution in [0, 0.1) is 23.7 Å². The van der Waals surface area contributed by atoms with E-state index in [1.165, 1.54) is 64.2 Å². The van der Waals surface area contributed by atoms with Crippen LogP contribution in [0.15, 0.2) is 0 Å². The highest BCUT2D eigenvalue weighted by molar-refractivity contribution is 4.61. The van der Waals surface area contributed by atoms with Crippen LogP contribution < -0.4 is 0 Å². The van der Waals surface area contributed by atoms with Gasteiger partial charge in [-0.15, -0.1) is 0 Å². The molecule has 0 radical (unpaired) electrons. The standard InChI is InChI=1S/C22H46O/c1-7-23-18-17-22(6)16-10-15-21(5)14-9-13-20(4)12-8-11-19(2)3/h19-22H,7-18H2,1-6H3/t20-,21+,22-/m0/s1. The quantitative estimate of drug-likeness (QED) is 0.267. The van der Waals surface area contributed by atoms with E-state index in [0.717, 1.165) is 36.9 Å². The molecule has 0 aromatic rings. The van der Waals surface area contributed by atoms with Gasteiger partial charge in [-0.2, -0.15) is 0 Å². The Labute approximate surface area is 148 Å². The van der Waals surface area contributed by atoms with Gasteiger partial charge in [0.05, 0.1) is 0 Å². The van der Waals surface area contributed by atoms with Gasteiger partial charge in [0.2, 0.25) is 0 Å². The van der Waals surface area contributed by atoms with Crippen LogP contribution >= 0.6 is 0 Å². The fraction of sp³-hybridized carbons (Fsp3) is 1.00. The SMILES string of the molecule is CCOCC[C@@H](C)CCC[C@H](C)CCC[C@@H](C)CCCC(C)C. The van der Waals surface area contributed by atoms with Crippen molar-refractivity contribution < 1.29 is 4.74 Å². The van der Waals surface area contributed by atoms with Crippen molar-refractivity contribution in [2.75, 3.05) is 13.2 Å². The summed E-state index contributed by atoms with van der Waals surface area (Å²) in [5, 5.41) is 0. The summed E-state index contributed by atoms with van der Waals surface area (Å²) in [6, 6.07) is 0. The lowest BCUT2D eigenvalue weighted by molar-refractivity contribution is 0.132. The van der Waals surface area contributed by atoms with Gasteiger partial charge in [0, 0.05) is 13.2 Å². The van der Waals surface area contributed by atoms with Crippen molar-refractivity contribution in [3.05, 3.63) is 0 Å². The number of hydrogen-bond acceptors (Lipinski definition) is 1. The van der Waals surface area contributed by atoms with Crippen LogP contribution in [0.25, 0.3) is 0 Å². The smallest absolute Gasteiger partial charge is 0.0468 e. The van der Waals surface area contributed by atoms with E-state index in [2.05, 4.69) is 41.5 Å². The predicted molar refractivity (Wildman–Crippen MR) is 105 cm³/mol. The van der Waals surface area contributed by atoms with Crippen LogP contribution in [-0.2, 0) is 4.74 Å². The van der Waals surface area contributed by atoms with Crippen LogP contribution in [0.5, 0.6) is 0 Å². The molecule has 23 heavy (non-hydrogen) atoms. The lowest BCUT2D eigenvalue weighted by Gasteiger charge is -2.16. The molecule has 3 atom stereocenters. The molecule has 0 saturated heterocycles. The molecule has 0 unspecified atom stereocenters. The molecular formula is C22H46O. The van der Waals surface area contributed by atoms with Gasteiger partial charge >= 0.3 is 0 Å². The molecule has 1 nitrogen and oxygen atoms in total. The van der Waals surface area contributed by atoms with E-state index >= 15 is 0 Å². The summed E-state index contributed by atoms with van der Waals surface area (Å²) in [4.78, 5) is 0. The van der Waals surface area contributed by atoms with Crippen molar-refractivity contribution in [2.24, 2.45) is 23.7 Å². The lowest BCUT2D eigenvalue weighted by Crippen LogP contribution is -2.04. The second-order valence-electron chi connectivity index (χ2n) is 8.49. The van der Waals surface area contributed by atoms with Gasteiger partial charge < -0.3 is 4.74 Å². The molecule has 0 spiro atoms. The van der Waals surface area contributed by atoms with Gasteiger partial charge in [0.1, 0.15) is 0 Å². The van der Waals surface area contributed by atoms with Crippen molar-refractivity contribution in [1.29, 1.82) is 0 Å². The van der Waals surface area contributed by atoms with Gasteiger partial charge in [-0.1, -0.05) is 92.4 Å². The summed E-state index contributed by atoms with van der Waals surface area (Å²) in [6.45, 7) is 15.8. The molecule has 0 amide bonds. The largest absolute Gasteiger partial charge is 0.382 e. The molecule has 0 bridgehead atoms. The number of rotatable bonds is 16. The van der Waals surface area contributed by atoms with Crippen LogP contribution in [-0.4, -0.2) is 13.2 Å². The fourth-order valence-corrected chi connectivity index (χ4v) is 3.37.